The minimum atomic E-state index is -0.306. The third-order valence-corrected chi connectivity index (χ3v) is 3.60. The minimum absolute atomic E-state index is 0.306. The number of rotatable bonds is 2. The molecule has 0 fully saturated rings. The molecule has 1 aliphatic heterocycles. The largest absolute Gasteiger partial charge is 0.465 e. The fourth-order valence-corrected chi connectivity index (χ4v) is 2.65. The van der Waals surface area contributed by atoms with Gasteiger partial charge in [-0.15, -0.1) is 0 Å². The van der Waals surface area contributed by atoms with E-state index in [1.54, 1.807) is 0 Å². The lowest BCUT2D eigenvalue weighted by Gasteiger charge is -2.14. The van der Waals surface area contributed by atoms with Crippen LogP contribution in [0, 0.1) is 0 Å². The number of ether oxygens (including phenoxy) is 1. The molecule has 0 saturated heterocycles. The lowest BCUT2D eigenvalue weighted by atomic mass is 9.91. The first-order chi connectivity index (χ1) is 9.76. The number of benzene rings is 1. The van der Waals surface area contributed by atoms with Crippen LogP contribution < -0.4 is 5.32 Å². The predicted octanol–water partition coefficient (Wildman–Crippen LogP) is 3.28. The van der Waals surface area contributed by atoms with Crippen LogP contribution in [0.4, 0.5) is 0 Å². The van der Waals surface area contributed by atoms with Crippen LogP contribution in [-0.4, -0.2) is 18.1 Å². The fourth-order valence-electron chi connectivity index (χ4n) is 2.65. The second kappa shape index (κ2) is 4.89. The molecule has 1 aliphatic rings. The summed E-state index contributed by atoms with van der Waals surface area (Å²) >= 11 is 0. The first-order valence-electron chi connectivity index (χ1n) is 6.60. The molecule has 0 aliphatic carbocycles. The Labute approximate surface area is 117 Å². The van der Waals surface area contributed by atoms with Crippen molar-refractivity contribution in [2.45, 2.75) is 13.3 Å². The van der Waals surface area contributed by atoms with Gasteiger partial charge in [0.2, 0.25) is 0 Å². The zero-order valence-electron chi connectivity index (χ0n) is 11.5. The number of hydrogen-bond acceptors (Lipinski definition) is 3. The Kier molecular flexibility index (Phi) is 3.06. The van der Waals surface area contributed by atoms with Crippen LogP contribution in [-0.2, 0) is 4.74 Å². The molecule has 102 valence electrons. The van der Waals surface area contributed by atoms with Gasteiger partial charge in [0.25, 0.3) is 0 Å². The van der Waals surface area contributed by atoms with Gasteiger partial charge in [-0.3, -0.25) is 0 Å². The molecule has 20 heavy (non-hydrogen) atoms. The number of carbonyl (C=O) groups is 1. The van der Waals surface area contributed by atoms with Crippen molar-refractivity contribution < 1.29 is 9.53 Å². The number of esters is 1. The van der Waals surface area contributed by atoms with Gasteiger partial charge in [0, 0.05) is 35.1 Å². The SMILES string of the molecule is CCC1=CNC=Cc2c1c(C(=O)OC)cc1cc[nH]c21. The van der Waals surface area contributed by atoms with E-state index in [0.29, 0.717) is 5.56 Å². The van der Waals surface area contributed by atoms with Gasteiger partial charge >= 0.3 is 5.97 Å². The van der Waals surface area contributed by atoms with Crippen LogP contribution in [0.1, 0.15) is 34.8 Å². The van der Waals surface area contributed by atoms with Gasteiger partial charge in [-0.1, -0.05) is 6.92 Å². The van der Waals surface area contributed by atoms with Crippen molar-refractivity contribution in [2.75, 3.05) is 7.11 Å². The van der Waals surface area contributed by atoms with Crippen molar-refractivity contribution in [1.29, 1.82) is 0 Å². The lowest BCUT2D eigenvalue weighted by Crippen LogP contribution is -2.07. The highest BCUT2D eigenvalue weighted by Crippen LogP contribution is 2.34. The van der Waals surface area contributed by atoms with E-state index < -0.39 is 0 Å². The van der Waals surface area contributed by atoms with Crippen molar-refractivity contribution >= 4 is 28.5 Å². The normalized spacial score (nSPS) is 13.4. The average molecular weight is 268 g/mol. The summed E-state index contributed by atoms with van der Waals surface area (Å²) in [5.74, 6) is -0.306. The molecule has 0 spiro atoms. The summed E-state index contributed by atoms with van der Waals surface area (Å²) in [5.41, 5.74) is 4.69. The fraction of sp³-hybridized carbons (Fsp3) is 0.188. The molecular formula is C16H16N2O2. The summed E-state index contributed by atoms with van der Waals surface area (Å²) in [5, 5.41) is 4.13. The van der Waals surface area contributed by atoms with Crippen LogP contribution in [0.25, 0.3) is 22.6 Å². The number of fused-ring (bicyclic) bond motifs is 3. The topological polar surface area (TPSA) is 54.1 Å². The van der Waals surface area contributed by atoms with Gasteiger partial charge < -0.3 is 15.0 Å². The molecule has 0 unspecified atom stereocenters. The van der Waals surface area contributed by atoms with Crippen molar-refractivity contribution in [3.05, 3.63) is 47.4 Å². The molecule has 1 aromatic carbocycles. The van der Waals surface area contributed by atoms with E-state index in [4.69, 9.17) is 4.74 Å². The molecule has 1 aromatic heterocycles. The van der Waals surface area contributed by atoms with Crippen LogP contribution in [0.3, 0.4) is 0 Å². The molecule has 0 radical (unpaired) electrons. The Morgan fingerprint density at radius 2 is 2.25 bits per heavy atom. The van der Waals surface area contributed by atoms with Gasteiger partial charge in [-0.2, -0.15) is 0 Å². The van der Waals surface area contributed by atoms with E-state index in [0.717, 1.165) is 34.0 Å². The first-order valence-corrected chi connectivity index (χ1v) is 6.60. The number of aromatic nitrogens is 1. The van der Waals surface area contributed by atoms with Gasteiger partial charge in [0.15, 0.2) is 0 Å². The summed E-state index contributed by atoms with van der Waals surface area (Å²) in [6.07, 6.45) is 8.51. The molecule has 0 bridgehead atoms. The van der Waals surface area contributed by atoms with Gasteiger partial charge in [-0.25, -0.2) is 4.79 Å². The number of nitrogens with one attached hydrogen (secondary N) is 2. The maximum Gasteiger partial charge on any atom is 0.338 e. The first kappa shape index (κ1) is 12.5. The number of aromatic amines is 1. The maximum absolute atomic E-state index is 12.1. The highest BCUT2D eigenvalue weighted by atomic mass is 16.5. The van der Waals surface area contributed by atoms with E-state index in [9.17, 15) is 4.79 Å². The molecule has 2 aromatic rings. The zero-order valence-corrected chi connectivity index (χ0v) is 11.5. The van der Waals surface area contributed by atoms with E-state index in [-0.39, 0.29) is 5.97 Å². The smallest absolute Gasteiger partial charge is 0.338 e. The van der Waals surface area contributed by atoms with Crippen molar-refractivity contribution in [3.63, 3.8) is 0 Å². The van der Waals surface area contributed by atoms with E-state index in [2.05, 4.69) is 17.2 Å². The second-order valence-corrected chi connectivity index (χ2v) is 4.67. The molecular weight excluding hydrogens is 252 g/mol. The Hall–Kier alpha value is -2.49. The minimum Gasteiger partial charge on any atom is -0.465 e. The van der Waals surface area contributed by atoms with Crippen LogP contribution in [0.2, 0.25) is 0 Å². The highest BCUT2D eigenvalue weighted by molar-refractivity contribution is 6.05. The molecule has 0 amide bonds. The Balaban J connectivity index is 2.41. The van der Waals surface area contributed by atoms with Crippen LogP contribution in [0.5, 0.6) is 0 Å². The number of H-pyrrole nitrogens is 1. The van der Waals surface area contributed by atoms with E-state index >= 15 is 0 Å². The molecule has 0 atom stereocenters. The van der Waals surface area contributed by atoms with Gasteiger partial charge in [0.1, 0.15) is 0 Å². The molecule has 0 saturated carbocycles. The van der Waals surface area contributed by atoms with E-state index in [1.165, 1.54) is 7.11 Å². The molecule has 2 heterocycles. The van der Waals surface area contributed by atoms with Crippen molar-refractivity contribution in [1.82, 2.24) is 10.3 Å². The predicted molar refractivity (Wildman–Crippen MR) is 80.1 cm³/mol. The number of hydrogen-bond donors (Lipinski definition) is 2. The van der Waals surface area contributed by atoms with Crippen molar-refractivity contribution in [3.8, 4) is 0 Å². The summed E-state index contributed by atoms with van der Waals surface area (Å²) in [7, 11) is 1.41. The molecule has 4 heteroatoms. The van der Waals surface area contributed by atoms with Crippen molar-refractivity contribution in [2.24, 2.45) is 0 Å². The maximum atomic E-state index is 12.1. The Morgan fingerprint density at radius 3 is 3.00 bits per heavy atom. The zero-order chi connectivity index (χ0) is 14.1. The van der Waals surface area contributed by atoms with Gasteiger partial charge in [-0.05, 0) is 30.2 Å². The average Bonchev–Trinajstić information content (AvgIpc) is 2.84. The number of methoxy groups -OCH3 is 1. The summed E-state index contributed by atoms with van der Waals surface area (Å²) < 4.78 is 4.94. The standard InChI is InChI=1S/C16H16N2O2/c1-3-10-9-17-6-5-12-14(10)13(16(19)20-2)8-11-4-7-18-15(11)12/h4-9,17-18H,3H2,1-2H3. The molecule has 3 rings (SSSR count). The quantitative estimate of drug-likeness (QED) is 0.822. The molecule has 4 nitrogen and oxygen atoms in total. The third-order valence-electron chi connectivity index (χ3n) is 3.60. The Morgan fingerprint density at radius 1 is 1.40 bits per heavy atom. The molecule has 2 N–H and O–H groups in total. The van der Waals surface area contributed by atoms with Crippen LogP contribution >= 0.6 is 0 Å². The summed E-state index contributed by atoms with van der Waals surface area (Å²) in [6.45, 7) is 2.07. The second-order valence-electron chi connectivity index (χ2n) is 4.67. The highest BCUT2D eigenvalue weighted by Gasteiger charge is 2.21. The summed E-state index contributed by atoms with van der Waals surface area (Å²) in [6, 6.07) is 3.85. The summed E-state index contributed by atoms with van der Waals surface area (Å²) in [4.78, 5) is 15.4. The Bertz CT molecular complexity index is 738. The van der Waals surface area contributed by atoms with Crippen LogP contribution in [0.15, 0.2) is 30.7 Å². The number of allylic oxidation sites excluding steroid dienone is 1. The van der Waals surface area contributed by atoms with E-state index in [1.807, 2.05) is 36.8 Å². The van der Waals surface area contributed by atoms with Gasteiger partial charge in [0.05, 0.1) is 18.2 Å². The lowest BCUT2D eigenvalue weighted by molar-refractivity contribution is 0.0600. The third kappa shape index (κ3) is 1.81. The monoisotopic (exact) mass is 268 g/mol. The number of carbonyl (C=O) groups excluding carboxylic acids is 1.